The van der Waals surface area contributed by atoms with Crippen LogP contribution in [0, 0.1) is 5.92 Å². The number of ether oxygens (including phenoxy) is 1. The number of carbonyl (C=O) groups excluding carboxylic acids is 1. The lowest BCUT2D eigenvalue weighted by molar-refractivity contribution is -0.139. The first kappa shape index (κ1) is 16.4. The van der Waals surface area contributed by atoms with Crippen molar-refractivity contribution < 1.29 is 13.7 Å². The van der Waals surface area contributed by atoms with Crippen LogP contribution in [0.3, 0.4) is 0 Å². The van der Waals surface area contributed by atoms with E-state index in [2.05, 4.69) is 0 Å². The van der Waals surface area contributed by atoms with Crippen LogP contribution in [-0.2, 0) is 20.5 Å². The van der Waals surface area contributed by atoms with E-state index in [1.807, 2.05) is 45.0 Å². The van der Waals surface area contributed by atoms with Gasteiger partial charge in [-0.25, -0.2) is 13.3 Å². The summed E-state index contributed by atoms with van der Waals surface area (Å²) in [6, 6.07) is -0.126. The maximum Gasteiger partial charge on any atom is 0.335 e. The first-order valence-electron chi connectivity index (χ1n) is 6.76. The minimum absolute atomic E-state index is 0.126. The highest BCUT2D eigenvalue weighted by Gasteiger charge is 2.40. The lowest BCUT2D eigenvalue weighted by Gasteiger charge is -2.33. The predicted molar refractivity (Wildman–Crippen MR) is 77.9 cm³/mol. The molecule has 5 heteroatoms. The molecule has 0 amide bonds. The molecular formula is C14H25NO3S. The average molecular weight is 287 g/mol. The van der Waals surface area contributed by atoms with E-state index in [0.717, 1.165) is 0 Å². The minimum atomic E-state index is -1.13. The normalized spacial score (nSPS) is 22.5. The van der Waals surface area contributed by atoms with Gasteiger partial charge < -0.3 is 4.74 Å². The van der Waals surface area contributed by atoms with Gasteiger partial charge >= 0.3 is 5.97 Å². The first-order valence-corrected chi connectivity index (χ1v) is 7.86. The summed E-state index contributed by atoms with van der Waals surface area (Å²) < 4.78 is 19.2. The van der Waals surface area contributed by atoms with E-state index in [-0.39, 0.29) is 22.7 Å². The molecule has 1 aliphatic heterocycles. The summed E-state index contributed by atoms with van der Waals surface area (Å²) in [7, 11) is -1.13. The zero-order valence-corrected chi connectivity index (χ0v) is 13.5. The van der Waals surface area contributed by atoms with Crippen molar-refractivity contribution in [2.75, 3.05) is 13.2 Å². The molecule has 0 spiro atoms. The molecule has 4 nitrogen and oxygen atoms in total. The number of carbonyl (C=O) groups is 1. The summed E-state index contributed by atoms with van der Waals surface area (Å²) in [5, 5.41) is 0. The fourth-order valence-electron chi connectivity index (χ4n) is 2.21. The number of nitrogens with zero attached hydrogens (tertiary/aromatic N) is 1. The SMILES string of the molecule is CCOC(=O)C1=CCN(S(=O)C(C)(C)C)[C@@H]1C(C)C. The Morgan fingerprint density at radius 1 is 1.53 bits per heavy atom. The number of hydrogen-bond donors (Lipinski definition) is 0. The van der Waals surface area contributed by atoms with Crippen molar-refractivity contribution in [3.63, 3.8) is 0 Å². The maximum absolute atomic E-state index is 12.6. The molecule has 0 saturated heterocycles. The Morgan fingerprint density at radius 3 is 2.53 bits per heavy atom. The summed E-state index contributed by atoms with van der Waals surface area (Å²) in [5.41, 5.74) is 0.648. The fraction of sp³-hybridized carbons (Fsp3) is 0.786. The molecular weight excluding hydrogens is 262 g/mol. The second-order valence-electron chi connectivity index (χ2n) is 6.03. The predicted octanol–water partition coefficient (Wildman–Crippen LogP) is 2.28. The summed E-state index contributed by atoms with van der Waals surface area (Å²) in [5.74, 6) is -0.0703. The van der Waals surface area contributed by atoms with E-state index in [1.165, 1.54) is 0 Å². The number of hydrogen-bond acceptors (Lipinski definition) is 3. The lowest BCUT2D eigenvalue weighted by Crippen LogP contribution is -2.45. The van der Waals surface area contributed by atoms with E-state index in [1.54, 1.807) is 6.92 Å². The van der Waals surface area contributed by atoms with Gasteiger partial charge in [0.25, 0.3) is 0 Å². The molecule has 0 N–H and O–H groups in total. The standard InChI is InChI=1S/C14H25NO3S/c1-7-18-13(16)11-8-9-15(12(11)10(2)3)19(17)14(4,5)6/h8,10,12H,7,9H2,1-6H3/t12-,19?/m1/s1. The van der Waals surface area contributed by atoms with Gasteiger partial charge in [0.15, 0.2) is 0 Å². The van der Waals surface area contributed by atoms with Gasteiger partial charge in [0.1, 0.15) is 11.0 Å². The van der Waals surface area contributed by atoms with Crippen molar-refractivity contribution in [3.05, 3.63) is 11.6 Å². The Bertz CT molecular complexity index is 396. The van der Waals surface area contributed by atoms with Gasteiger partial charge in [-0.05, 0) is 33.6 Å². The minimum Gasteiger partial charge on any atom is -0.463 e. The highest BCUT2D eigenvalue weighted by molar-refractivity contribution is 7.84. The maximum atomic E-state index is 12.6. The Morgan fingerprint density at radius 2 is 2.11 bits per heavy atom. The Hall–Kier alpha value is -0.680. The molecule has 0 fully saturated rings. The van der Waals surface area contributed by atoms with E-state index in [0.29, 0.717) is 18.7 Å². The zero-order chi connectivity index (χ0) is 14.8. The van der Waals surface area contributed by atoms with Gasteiger partial charge in [-0.2, -0.15) is 0 Å². The van der Waals surface area contributed by atoms with Gasteiger partial charge in [-0.15, -0.1) is 0 Å². The molecule has 0 aromatic carbocycles. The number of esters is 1. The van der Waals surface area contributed by atoms with Crippen LogP contribution in [0.1, 0.15) is 41.5 Å². The van der Waals surface area contributed by atoms with E-state index in [9.17, 15) is 9.00 Å². The summed E-state index contributed by atoms with van der Waals surface area (Å²) in [4.78, 5) is 12.0. The number of rotatable bonds is 4. The van der Waals surface area contributed by atoms with Crippen molar-refractivity contribution in [1.29, 1.82) is 0 Å². The van der Waals surface area contributed by atoms with Crippen molar-refractivity contribution >= 4 is 17.0 Å². The summed E-state index contributed by atoms with van der Waals surface area (Å²) in [6.45, 7) is 12.6. The van der Waals surface area contributed by atoms with Crippen molar-refractivity contribution in [3.8, 4) is 0 Å². The highest BCUT2D eigenvalue weighted by atomic mass is 32.2. The molecule has 1 rings (SSSR count). The van der Waals surface area contributed by atoms with E-state index >= 15 is 0 Å². The molecule has 0 radical (unpaired) electrons. The van der Waals surface area contributed by atoms with Crippen LogP contribution in [0.2, 0.25) is 0 Å². The third-order valence-corrected chi connectivity index (χ3v) is 4.85. The smallest absolute Gasteiger partial charge is 0.335 e. The molecule has 19 heavy (non-hydrogen) atoms. The Kier molecular flexibility index (Phi) is 5.33. The topological polar surface area (TPSA) is 46.6 Å². The molecule has 0 aromatic heterocycles. The molecule has 1 unspecified atom stereocenters. The van der Waals surface area contributed by atoms with Crippen LogP contribution in [-0.4, -0.2) is 38.4 Å². The molecule has 2 atom stereocenters. The second-order valence-corrected chi connectivity index (χ2v) is 8.22. The fourth-order valence-corrected chi connectivity index (χ4v) is 3.69. The molecule has 0 aliphatic carbocycles. The largest absolute Gasteiger partial charge is 0.463 e. The molecule has 110 valence electrons. The van der Waals surface area contributed by atoms with Crippen LogP contribution in [0.25, 0.3) is 0 Å². The molecule has 0 saturated carbocycles. The van der Waals surface area contributed by atoms with Crippen LogP contribution in [0.4, 0.5) is 0 Å². The van der Waals surface area contributed by atoms with Gasteiger partial charge in [-0.3, -0.25) is 0 Å². The zero-order valence-electron chi connectivity index (χ0n) is 12.7. The van der Waals surface area contributed by atoms with Gasteiger partial charge in [0.05, 0.1) is 23.0 Å². The van der Waals surface area contributed by atoms with Crippen LogP contribution in [0.5, 0.6) is 0 Å². The summed E-state index contributed by atoms with van der Waals surface area (Å²) >= 11 is 0. The average Bonchev–Trinajstić information content (AvgIpc) is 2.71. The van der Waals surface area contributed by atoms with Gasteiger partial charge in [-0.1, -0.05) is 19.9 Å². The Labute approximate surface area is 118 Å². The molecule has 1 heterocycles. The van der Waals surface area contributed by atoms with Gasteiger partial charge in [0, 0.05) is 6.54 Å². The van der Waals surface area contributed by atoms with E-state index < -0.39 is 11.0 Å². The van der Waals surface area contributed by atoms with Crippen molar-refractivity contribution in [1.82, 2.24) is 4.31 Å². The Balaban J connectivity index is 2.96. The highest BCUT2D eigenvalue weighted by Crippen LogP contribution is 2.30. The molecule has 0 bridgehead atoms. The third-order valence-electron chi connectivity index (χ3n) is 3.00. The third kappa shape index (κ3) is 3.66. The van der Waals surface area contributed by atoms with Crippen molar-refractivity contribution in [2.45, 2.75) is 52.3 Å². The quantitative estimate of drug-likeness (QED) is 0.745. The van der Waals surface area contributed by atoms with E-state index in [4.69, 9.17) is 4.74 Å². The second kappa shape index (κ2) is 6.18. The molecule has 1 aliphatic rings. The van der Waals surface area contributed by atoms with Crippen LogP contribution in [0.15, 0.2) is 11.6 Å². The summed E-state index contributed by atoms with van der Waals surface area (Å²) in [6.07, 6.45) is 1.85. The monoisotopic (exact) mass is 287 g/mol. The van der Waals surface area contributed by atoms with Crippen molar-refractivity contribution in [2.24, 2.45) is 5.92 Å². The van der Waals surface area contributed by atoms with Gasteiger partial charge in [0.2, 0.25) is 0 Å². The lowest BCUT2D eigenvalue weighted by atomic mass is 9.98. The van der Waals surface area contributed by atoms with Crippen LogP contribution >= 0.6 is 0 Å². The van der Waals surface area contributed by atoms with Crippen LogP contribution < -0.4 is 0 Å². The molecule has 0 aromatic rings. The first-order chi connectivity index (χ1) is 8.70.